The highest BCUT2D eigenvalue weighted by Gasteiger charge is 2.18. The molecule has 0 unspecified atom stereocenters. The summed E-state index contributed by atoms with van der Waals surface area (Å²) in [6.45, 7) is 0.590. The average Bonchev–Trinajstić information content (AvgIpc) is 3.19. The molecule has 0 aliphatic carbocycles. The third-order valence-electron chi connectivity index (χ3n) is 4.07. The molecule has 2 aromatic carbocycles. The van der Waals surface area contributed by atoms with Crippen LogP contribution in [0.2, 0.25) is 0 Å². The van der Waals surface area contributed by atoms with E-state index in [0.717, 1.165) is 21.8 Å². The van der Waals surface area contributed by atoms with Gasteiger partial charge in [0.25, 0.3) is 5.91 Å². The summed E-state index contributed by atoms with van der Waals surface area (Å²) in [5.74, 6) is 0.727. The molecule has 0 atom stereocenters. The van der Waals surface area contributed by atoms with E-state index in [9.17, 15) is 4.79 Å². The van der Waals surface area contributed by atoms with Gasteiger partial charge in [-0.3, -0.25) is 4.79 Å². The van der Waals surface area contributed by atoms with Gasteiger partial charge in [-0.1, -0.05) is 54.6 Å². The SMILES string of the molecule is COc1ccccc1C=C(C(=O)N(C)Cc1cccs1)c1ccccc1. The van der Waals surface area contributed by atoms with Crippen LogP contribution in [-0.4, -0.2) is 25.0 Å². The van der Waals surface area contributed by atoms with Gasteiger partial charge in [0.1, 0.15) is 5.75 Å². The highest BCUT2D eigenvalue weighted by Crippen LogP contribution is 2.26. The Labute approximate surface area is 158 Å². The van der Waals surface area contributed by atoms with Crippen molar-refractivity contribution >= 4 is 28.9 Å². The Morgan fingerprint density at radius 2 is 1.77 bits per heavy atom. The number of hydrogen-bond donors (Lipinski definition) is 0. The maximum Gasteiger partial charge on any atom is 0.254 e. The van der Waals surface area contributed by atoms with Crippen LogP contribution in [0.4, 0.5) is 0 Å². The van der Waals surface area contributed by atoms with Gasteiger partial charge in [0.2, 0.25) is 0 Å². The summed E-state index contributed by atoms with van der Waals surface area (Å²) < 4.78 is 5.44. The second-order valence-corrected chi connectivity index (χ2v) is 6.94. The molecule has 1 heterocycles. The summed E-state index contributed by atoms with van der Waals surface area (Å²) in [5.41, 5.74) is 2.42. The van der Waals surface area contributed by atoms with E-state index in [0.29, 0.717) is 12.1 Å². The molecule has 0 saturated heterocycles. The number of hydrogen-bond acceptors (Lipinski definition) is 3. The van der Waals surface area contributed by atoms with E-state index < -0.39 is 0 Å². The Hall–Kier alpha value is -2.85. The van der Waals surface area contributed by atoms with E-state index in [1.165, 1.54) is 0 Å². The number of likely N-dealkylation sites (N-methyl/N-ethyl adjacent to an activating group) is 1. The molecule has 0 radical (unpaired) electrons. The third kappa shape index (κ3) is 4.21. The van der Waals surface area contributed by atoms with Crippen LogP contribution >= 0.6 is 11.3 Å². The number of ether oxygens (including phenoxy) is 1. The van der Waals surface area contributed by atoms with Crippen LogP contribution in [0.1, 0.15) is 16.0 Å². The second kappa shape index (κ2) is 8.50. The quantitative estimate of drug-likeness (QED) is 0.458. The maximum atomic E-state index is 13.2. The number of nitrogens with zero attached hydrogens (tertiary/aromatic N) is 1. The van der Waals surface area contributed by atoms with E-state index >= 15 is 0 Å². The Morgan fingerprint density at radius 3 is 2.46 bits per heavy atom. The summed E-state index contributed by atoms with van der Waals surface area (Å²) in [4.78, 5) is 16.1. The van der Waals surface area contributed by atoms with E-state index in [-0.39, 0.29) is 5.91 Å². The zero-order valence-electron chi connectivity index (χ0n) is 14.9. The Balaban J connectivity index is 1.98. The van der Waals surface area contributed by atoms with Gasteiger partial charge >= 0.3 is 0 Å². The van der Waals surface area contributed by atoms with Crippen molar-refractivity contribution in [3.05, 3.63) is 88.1 Å². The van der Waals surface area contributed by atoms with Crippen LogP contribution in [0, 0.1) is 0 Å². The molecule has 1 aromatic heterocycles. The lowest BCUT2D eigenvalue weighted by Crippen LogP contribution is -2.26. The minimum atomic E-state index is -0.0180. The summed E-state index contributed by atoms with van der Waals surface area (Å²) in [7, 11) is 3.47. The summed E-state index contributed by atoms with van der Waals surface area (Å²) >= 11 is 1.65. The third-order valence-corrected chi connectivity index (χ3v) is 4.93. The zero-order valence-corrected chi connectivity index (χ0v) is 15.7. The van der Waals surface area contributed by atoms with Crippen molar-refractivity contribution in [2.75, 3.05) is 14.2 Å². The van der Waals surface area contributed by atoms with Crippen molar-refractivity contribution in [1.82, 2.24) is 4.90 Å². The molecule has 0 aliphatic rings. The van der Waals surface area contributed by atoms with Crippen LogP contribution in [0.15, 0.2) is 72.1 Å². The maximum absolute atomic E-state index is 13.2. The van der Waals surface area contributed by atoms with Crippen molar-refractivity contribution in [2.24, 2.45) is 0 Å². The number of benzene rings is 2. The van der Waals surface area contributed by atoms with E-state index in [1.54, 1.807) is 23.3 Å². The highest BCUT2D eigenvalue weighted by molar-refractivity contribution is 7.09. The van der Waals surface area contributed by atoms with E-state index in [4.69, 9.17) is 4.74 Å². The lowest BCUT2D eigenvalue weighted by Gasteiger charge is -2.19. The second-order valence-electron chi connectivity index (χ2n) is 5.91. The van der Waals surface area contributed by atoms with Crippen molar-refractivity contribution in [3.63, 3.8) is 0 Å². The molecule has 132 valence electrons. The number of rotatable bonds is 6. The molecular weight excluding hydrogens is 342 g/mol. The van der Waals surface area contributed by atoms with Gasteiger partial charge in [-0.15, -0.1) is 11.3 Å². The first-order valence-electron chi connectivity index (χ1n) is 8.37. The van der Waals surface area contributed by atoms with Crippen LogP contribution in [0.25, 0.3) is 11.6 Å². The molecular formula is C22H21NO2S. The average molecular weight is 363 g/mol. The number of thiophene rings is 1. The van der Waals surface area contributed by atoms with Gasteiger partial charge < -0.3 is 9.64 Å². The fourth-order valence-corrected chi connectivity index (χ4v) is 3.50. The number of carbonyl (C=O) groups excluding carboxylic acids is 1. The summed E-state index contributed by atoms with van der Waals surface area (Å²) in [5, 5.41) is 2.02. The number of methoxy groups -OCH3 is 1. The van der Waals surface area contributed by atoms with E-state index in [1.807, 2.05) is 85.2 Å². The molecule has 3 rings (SSSR count). The first kappa shape index (κ1) is 18.0. The minimum Gasteiger partial charge on any atom is -0.496 e. The molecule has 0 fully saturated rings. The lowest BCUT2D eigenvalue weighted by atomic mass is 10.0. The van der Waals surface area contributed by atoms with Gasteiger partial charge in [0.15, 0.2) is 0 Å². The molecule has 0 bridgehead atoms. The smallest absolute Gasteiger partial charge is 0.254 e. The molecule has 4 heteroatoms. The minimum absolute atomic E-state index is 0.0180. The molecule has 0 saturated carbocycles. The zero-order chi connectivity index (χ0) is 18.4. The number of para-hydroxylation sites is 1. The molecule has 0 N–H and O–H groups in total. The van der Waals surface area contributed by atoms with Crippen LogP contribution in [-0.2, 0) is 11.3 Å². The van der Waals surface area contributed by atoms with Crippen molar-refractivity contribution in [1.29, 1.82) is 0 Å². The Kier molecular flexibility index (Phi) is 5.87. The van der Waals surface area contributed by atoms with Crippen molar-refractivity contribution in [2.45, 2.75) is 6.54 Å². The first-order chi connectivity index (χ1) is 12.7. The monoisotopic (exact) mass is 363 g/mol. The lowest BCUT2D eigenvalue weighted by molar-refractivity contribution is -0.124. The predicted octanol–water partition coefficient (Wildman–Crippen LogP) is 4.96. The van der Waals surface area contributed by atoms with Crippen LogP contribution in [0.5, 0.6) is 5.75 Å². The van der Waals surface area contributed by atoms with Gasteiger partial charge in [-0.25, -0.2) is 0 Å². The van der Waals surface area contributed by atoms with Gasteiger partial charge in [-0.05, 0) is 29.2 Å². The number of carbonyl (C=O) groups is 1. The van der Waals surface area contributed by atoms with Crippen LogP contribution < -0.4 is 4.74 Å². The van der Waals surface area contributed by atoms with Gasteiger partial charge in [0, 0.05) is 23.1 Å². The molecule has 0 spiro atoms. The Bertz CT molecular complexity index is 886. The fourth-order valence-electron chi connectivity index (χ4n) is 2.74. The fraction of sp³-hybridized carbons (Fsp3) is 0.136. The summed E-state index contributed by atoms with van der Waals surface area (Å²) in [6, 6.07) is 21.5. The van der Waals surface area contributed by atoms with E-state index in [2.05, 4.69) is 0 Å². The predicted molar refractivity (Wildman–Crippen MR) is 108 cm³/mol. The molecule has 0 aliphatic heterocycles. The standard InChI is InChI=1S/C22H21NO2S/c1-23(16-19-12-8-14-26-19)22(24)20(17-9-4-3-5-10-17)15-18-11-6-7-13-21(18)25-2/h3-15H,16H2,1-2H3. The van der Waals surface area contributed by atoms with Gasteiger partial charge in [0.05, 0.1) is 13.7 Å². The van der Waals surface area contributed by atoms with Crippen molar-refractivity contribution < 1.29 is 9.53 Å². The largest absolute Gasteiger partial charge is 0.496 e. The Morgan fingerprint density at radius 1 is 1.04 bits per heavy atom. The van der Waals surface area contributed by atoms with Crippen LogP contribution in [0.3, 0.4) is 0 Å². The molecule has 1 amide bonds. The summed E-state index contributed by atoms with van der Waals surface area (Å²) in [6.07, 6.45) is 1.90. The molecule has 3 nitrogen and oxygen atoms in total. The molecule has 3 aromatic rings. The number of amides is 1. The first-order valence-corrected chi connectivity index (χ1v) is 9.25. The van der Waals surface area contributed by atoms with Crippen molar-refractivity contribution in [3.8, 4) is 5.75 Å². The molecule has 26 heavy (non-hydrogen) atoms. The van der Waals surface area contributed by atoms with Gasteiger partial charge in [-0.2, -0.15) is 0 Å². The highest BCUT2D eigenvalue weighted by atomic mass is 32.1. The normalized spacial score (nSPS) is 11.2. The topological polar surface area (TPSA) is 29.5 Å².